The number of rotatable bonds is 4. The number of hydrogen-bond donors (Lipinski definition) is 1. The largest absolute Gasteiger partial charge is 0.273 e. The average molecular weight is 257 g/mol. The quantitative estimate of drug-likeness (QED) is 0.672. The molecule has 1 amide bonds. The Bertz CT molecular complexity index is 567. The molecule has 0 saturated heterocycles. The van der Waals surface area contributed by atoms with E-state index in [2.05, 4.69) is 15.5 Å². The second kappa shape index (κ2) is 6.39. The van der Waals surface area contributed by atoms with E-state index in [4.69, 9.17) is 0 Å². The number of halogens is 1. The van der Waals surface area contributed by atoms with Gasteiger partial charge >= 0.3 is 0 Å². The fourth-order valence-corrected chi connectivity index (χ4v) is 1.46. The topological polar surface area (TPSA) is 54.4 Å². The lowest BCUT2D eigenvalue weighted by Crippen LogP contribution is -2.19. The van der Waals surface area contributed by atoms with Crippen molar-refractivity contribution in [3.63, 3.8) is 0 Å². The van der Waals surface area contributed by atoms with Crippen LogP contribution >= 0.6 is 0 Å². The monoisotopic (exact) mass is 257 g/mol. The summed E-state index contributed by atoms with van der Waals surface area (Å²) in [4.78, 5) is 15.5. The van der Waals surface area contributed by atoms with E-state index in [1.54, 1.807) is 30.6 Å². The molecule has 0 bridgehead atoms. The van der Waals surface area contributed by atoms with Crippen LogP contribution < -0.4 is 5.43 Å². The molecular formula is C14H12FN3O. The van der Waals surface area contributed by atoms with Gasteiger partial charge in [0.25, 0.3) is 0 Å². The number of pyridine rings is 1. The third-order valence-electron chi connectivity index (χ3n) is 2.37. The van der Waals surface area contributed by atoms with Crippen molar-refractivity contribution in [2.24, 2.45) is 5.10 Å². The number of aromatic nitrogens is 1. The molecule has 0 radical (unpaired) electrons. The van der Waals surface area contributed by atoms with Gasteiger partial charge in [0.15, 0.2) is 0 Å². The zero-order chi connectivity index (χ0) is 13.5. The van der Waals surface area contributed by atoms with Crippen molar-refractivity contribution >= 4 is 12.1 Å². The zero-order valence-electron chi connectivity index (χ0n) is 10.1. The second-order valence-corrected chi connectivity index (χ2v) is 3.88. The first-order chi connectivity index (χ1) is 9.24. The van der Waals surface area contributed by atoms with Gasteiger partial charge in [-0.3, -0.25) is 9.78 Å². The van der Waals surface area contributed by atoms with Gasteiger partial charge in [0, 0.05) is 18.0 Å². The van der Waals surface area contributed by atoms with Gasteiger partial charge in [0.1, 0.15) is 5.82 Å². The van der Waals surface area contributed by atoms with Gasteiger partial charge in [-0.05, 0) is 23.8 Å². The minimum atomic E-state index is -0.321. The highest BCUT2D eigenvalue weighted by atomic mass is 19.1. The van der Waals surface area contributed by atoms with Crippen LogP contribution in [0.1, 0.15) is 11.1 Å². The third-order valence-corrected chi connectivity index (χ3v) is 2.37. The molecule has 2 rings (SSSR count). The second-order valence-electron chi connectivity index (χ2n) is 3.88. The molecule has 0 saturated carbocycles. The minimum absolute atomic E-state index is 0.157. The first-order valence-corrected chi connectivity index (χ1v) is 5.70. The Labute approximate surface area is 110 Å². The summed E-state index contributed by atoms with van der Waals surface area (Å²) in [6, 6.07) is 9.38. The Kier molecular flexibility index (Phi) is 4.34. The Morgan fingerprint density at radius 1 is 1.32 bits per heavy atom. The fraction of sp³-hybridized carbons (Fsp3) is 0.0714. The number of nitrogens with zero attached hydrogens (tertiary/aromatic N) is 2. The van der Waals surface area contributed by atoms with E-state index >= 15 is 0 Å². The maximum absolute atomic E-state index is 12.7. The third kappa shape index (κ3) is 4.31. The van der Waals surface area contributed by atoms with Crippen LogP contribution in [0.5, 0.6) is 0 Å². The SMILES string of the molecule is O=C(Cc1ccc(F)cc1)N/N=C\c1cccnc1. The molecule has 0 atom stereocenters. The van der Waals surface area contributed by atoms with E-state index in [1.165, 1.54) is 18.3 Å². The van der Waals surface area contributed by atoms with Crippen molar-refractivity contribution in [2.75, 3.05) is 0 Å². The number of benzene rings is 1. The number of carbonyl (C=O) groups is 1. The Hall–Kier alpha value is -2.56. The number of carbonyl (C=O) groups excluding carboxylic acids is 1. The van der Waals surface area contributed by atoms with Gasteiger partial charge in [-0.2, -0.15) is 5.10 Å². The van der Waals surface area contributed by atoms with E-state index in [1.807, 2.05) is 6.07 Å². The summed E-state index contributed by atoms with van der Waals surface area (Å²) in [5.41, 5.74) is 3.93. The molecular weight excluding hydrogens is 245 g/mol. The van der Waals surface area contributed by atoms with Gasteiger partial charge in [0.05, 0.1) is 12.6 Å². The molecule has 19 heavy (non-hydrogen) atoms. The summed E-state index contributed by atoms with van der Waals surface area (Å²) in [6.07, 6.45) is 4.96. The molecule has 0 fully saturated rings. The molecule has 1 heterocycles. The maximum atomic E-state index is 12.7. The Balaban J connectivity index is 1.85. The molecule has 96 valence electrons. The molecule has 0 aliphatic carbocycles. The molecule has 0 aliphatic rings. The first-order valence-electron chi connectivity index (χ1n) is 5.70. The number of amides is 1. The van der Waals surface area contributed by atoms with Crippen LogP contribution in [0.3, 0.4) is 0 Å². The minimum Gasteiger partial charge on any atom is -0.273 e. The lowest BCUT2D eigenvalue weighted by molar-refractivity contribution is -0.120. The van der Waals surface area contributed by atoms with Crippen molar-refractivity contribution < 1.29 is 9.18 Å². The molecule has 2 aromatic rings. The highest BCUT2D eigenvalue weighted by Crippen LogP contribution is 2.03. The summed E-state index contributed by atoms with van der Waals surface area (Å²) < 4.78 is 12.7. The summed E-state index contributed by atoms with van der Waals surface area (Å²) in [5, 5.41) is 3.82. The van der Waals surface area contributed by atoms with Gasteiger partial charge in [-0.1, -0.05) is 18.2 Å². The van der Waals surface area contributed by atoms with Crippen LogP contribution in [0.2, 0.25) is 0 Å². The van der Waals surface area contributed by atoms with Crippen LogP contribution in [0.4, 0.5) is 4.39 Å². The molecule has 0 spiro atoms. The molecule has 5 heteroatoms. The number of nitrogens with one attached hydrogen (secondary N) is 1. The van der Waals surface area contributed by atoms with E-state index < -0.39 is 0 Å². The lowest BCUT2D eigenvalue weighted by atomic mass is 10.1. The van der Waals surface area contributed by atoms with Crippen LogP contribution in [0, 0.1) is 5.82 Å². The first kappa shape index (κ1) is 12.9. The highest BCUT2D eigenvalue weighted by Gasteiger charge is 2.01. The lowest BCUT2D eigenvalue weighted by Gasteiger charge is -2.00. The van der Waals surface area contributed by atoms with Gasteiger partial charge in [-0.25, -0.2) is 9.82 Å². The summed E-state index contributed by atoms with van der Waals surface area (Å²) in [6.45, 7) is 0. The van der Waals surface area contributed by atoms with Gasteiger partial charge < -0.3 is 0 Å². The van der Waals surface area contributed by atoms with E-state index in [0.717, 1.165) is 11.1 Å². The molecule has 0 unspecified atom stereocenters. The number of hydrazone groups is 1. The van der Waals surface area contributed by atoms with Crippen LogP contribution in [-0.4, -0.2) is 17.1 Å². The molecule has 1 N–H and O–H groups in total. The van der Waals surface area contributed by atoms with Crippen LogP contribution in [0.15, 0.2) is 53.9 Å². The van der Waals surface area contributed by atoms with Crippen molar-refractivity contribution in [2.45, 2.75) is 6.42 Å². The maximum Gasteiger partial charge on any atom is 0.244 e. The smallest absolute Gasteiger partial charge is 0.244 e. The molecule has 1 aromatic heterocycles. The molecule has 1 aromatic carbocycles. The summed E-state index contributed by atoms with van der Waals surface area (Å²) in [7, 11) is 0. The van der Waals surface area contributed by atoms with Crippen molar-refractivity contribution in [3.8, 4) is 0 Å². The molecule has 4 nitrogen and oxygen atoms in total. The number of hydrogen-bond acceptors (Lipinski definition) is 3. The van der Waals surface area contributed by atoms with Crippen molar-refractivity contribution in [1.29, 1.82) is 0 Å². The van der Waals surface area contributed by atoms with Crippen LogP contribution in [-0.2, 0) is 11.2 Å². The predicted octanol–water partition coefficient (Wildman–Crippen LogP) is 1.91. The standard InChI is InChI=1S/C14H12FN3O/c15-13-5-3-11(4-6-13)8-14(19)18-17-10-12-2-1-7-16-9-12/h1-7,9-10H,8H2,(H,18,19)/b17-10-. The Morgan fingerprint density at radius 3 is 2.79 bits per heavy atom. The van der Waals surface area contributed by atoms with Gasteiger partial charge in [-0.15, -0.1) is 0 Å². The van der Waals surface area contributed by atoms with Crippen molar-refractivity contribution in [1.82, 2.24) is 10.4 Å². The van der Waals surface area contributed by atoms with E-state index in [9.17, 15) is 9.18 Å². The normalized spacial score (nSPS) is 10.6. The van der Waals surface area contributed by atoms with Crippen molar-refractivity contribution in [3.05, 3.63) is 65.7 Å². The average Bonchev–Trinajstić information content (AvgIpc) is 2.43. The summed E-state index contributed by atoms with van der Waals surface area (Å²) >= 11 is 0. The van der Waals surface area contributed by atoms with Crippen LogP contribution in [0.25, 0.3) is 0 Å². The van der Waals surface area contributed by atoms with E-state index in [-0.39, 0.29) is 18.1 Å². The van der Waals surface area contributed by atoms with Gasteiger partial charge in [0.2, 0.25) is 5.91 Å². The predicted molar refractivity (Wildman–Crippen MR) is 70.1 cm³/mol. The summed E-state index contributed by atoms with van der Waals surface area (Å²) in [5.74, 6) is -0.578. The fourth-order valence-electron chi connectivity index (χ4n) is 1.46. The zero-order valence-corrected chi connectivity index (χ0v) is 10.1. The Morgan fingerprint density at radius 2 is 2.11 bits per heavy atom. The molecule has 0 aliphatic heterocycles. The van der Waals surface area contributed by atoms with E-state index in [0.29, 0.717) is 0 Å². The highest BCUT2D eigenvalue weighted by molar-refractivity contribution is 5.82.